The van der Waals surface area contributed by atoms with Gasteiger partial charge in [0.25, 0.3) is 11.5 Å². The van der Waals surface area contributed by atoms with Gasteiger partial charge in [0.05, 0.1) is 18.0 Å². The molecule has 2 aromatic carbocycles. The van der Waals surface area contributed by atoms with Gasteiger partial charge in [0.2, 0.25) is 0 Å². The molecule has 0 aliphatic rings. The fraction of sp³-hybridized carbons (Fsp3) is 0.0556. The van der Waals surface area contributed by atoms with Gasteiger partial charge in [0.15, 0.2) is 3.95 Å². The van der Waals surface area contributed by atoms with Gasteiger partial charge in [-0.25, -0.2) is 0 Å². The van der Waals surface area contributed by atoms with E-state index >= 15 is 0 Å². The fourth-order valence-electron chi connectivity index (χ4n) is 2.81. The summed E-state index contributed by atoms with van der Waals surface area (Å²) < 4.78 is 8.15. The molecular formula is C18H12BrN3O3S2. The number of carbonyl (C=O) groups is 1. The van der Waals surface area contributed by atoms with E-state index in [-0.39, 0.29) is 11.5 Å². The maximum Gasteiger partial charge on any atom is 0.269 e. The van der Waals surface area contributed by atoms with Crippen LogP contribution in [-0.2, 0) is 0 Å². The van der Waals surface area contributed by atoms with Crippen LogP contribution < -0.4 is 15.6 Å². The molecule has 9 heteroatoms. The van der Waals surface area contributed by atoms with Gasteiger partial charge in [-0.1, -0.05) is 33.3 Å². The van der Waals surface area contributed by atoms with Crippen LogP contribution in [0.25, 0.3) is 16.6 Å². The quantitative estimate of drug-likeness (QED) is 0.437. The summed E-state index contributed by atoms with van der Waals surface area (Å²) in [6.45, 7) is 0. The number of thiazole rings is 1. The number of aromatic nitrogens is 2. The molecule has 0 atom stereocenters. The van der Waals surface area contributed by atoms with E-state index in [0.29, 0.717) is 36.8 Å². The second kappa shape index (κ2) is 6.91. The number of rotatable bonds is 3. The van der Waals surface area contributed by atoms with E-state index in [0.717, 1.165) is 15.8 Å². The molecule has 1 amide bonds. The number of aromatic amines is 1. The Bertz CT molecular complexity index is 1320. The third kappa shape index (κ3) is 3.18. The minimum Gasteiger partial charge on any atom is -0.497 e. The topological polar surface area (TPSA) is 75.6 Å². The SMILES string of the molecule is COc1cccc(NC(=O)c2sc(=S)n3c2[nH]c(=O)c2cc(Br)ccc23)c1. The lowest BCUT2D eigenvalue weighted by molar-refractivity contribution is 0.103. The average Bonchev–Trinajstić information content (AvgIpc) is 2.98. The Morgan fingerprint density at radius 2 is 2.11 bits per heavy atom. The Morgan fingerprint density at radius 1 is 1.30 bits per heavy atom. The smallest absolute Gasteiger partial charge is 0.269 e. The number of fused-ring (bicyclic) bond motifs is 3. The zero-order chi connectivity index (χ0) is 19.1. The summed E-state index contributed by atoms with van der Waals surface area (Å²) >= 11 is 9.96. The molecule has 0 radical (unpaired) electrons. The number of anilines is 1. The molecule has 27 heavy (non-hydrogen) atoms. The molecular weight excluding hydrogens is 450 g/mol. The minimum atomic E-state index is -0.353. The van der Waals surface area contributed by atoms with Crippen molar-refractivity contribution < 1.29 is 9.53 Å². The number of halogens is 1. The predicted octanol–water partition coefficient (Wildman–Crippen LogP) is 4.60. The van der Waals surface area contributed by atoms with Crippen molar-refractivity contribution in [3.8, 4) is 5.75 Å². The van der Waals surface area contributed by atoms with Crippen LogP contribution in [0.2, 0.25) is 0 Å². The first kappa shape index (κ1) is 17.9. The lowest BCUT2D eigenvalue weighted by Gasteiger charge is -2.07. The first-order chi connectivity index (χ1) is 13.0. The van der Waals surface area contributed by atoms with Gasteiger partial charge in [0, 0.05) is 16.2 Å². The molecule has 2 heterocycles. The second-order valence-electron chi connectivity index (χ2n) is 5.68. The van der Waals surface area contributed by atoms with E-state index in [9.17, 15) is 9.59 Å². The molecule has 0 aliphatic carbocycles. The van der Waals surface area contributed by atoms with Gasteiger partial charge < -0.3 is 15.0 Å². The van der Waals surface area contributed by atoms with Crippen LogP contribution in [0.1, 0.15) is 9.67 Å². The first-order valence-electron chi connectivity index (χ1n) is 7.80. The number of hydrogen-bond donors (Lipinski definition) is 2. The van der Waals surface area contributed by atoms with Crippen molar-refractivity contribution in [1.82, 2.24) is 9.38 Å². The summed E-state index contributed by atoms with van der Waals surface area (Å²) in [5.41, 5.74) is 1.34. The van der Waals surface area contributed by atoms with Gasteiger partial charge in [0.1, 0.15) is 16.3 Å². The molecule has 0 aliphatic heterocycles. The lowest BCUT2D eigenvalue weighted by Crippen LogP contribution is -2.15. The molecule has 0 spiro atoms. The molecule has 4 aromatic rings. The molecule has 0 bridgehead atoms. The third-order valence-corrected chi connectivity index (χ3v) is 5.89. The molecule has 136 valence electrons. The van der Waals surface area contributed by atoms with Crippen LogP contribution in [0, 0.1) is 3.95 Å². The molecule has 2 aromatic heterocycles. The van der Waals surface area contributed by atoms with Crippen LogP contribution >= 0.6 is 39.5 Å². The van der Waals surface area contributed by atoms with Gasteiger partial charge in [-0.2, -0.15) is 0 Å². The third-order valence-electron chi connectivity index (χ3n) is 4.02. The Kier molecular flexibility index (Phi) is 4.58. The van der Waals surface area contributed by atoms with Crippen LogP contribution in [0.3, 0.4) is 0 Å². The summed E-state index contributed by atoms with van der Waals surface area (Å²) in [7, 11) is 1.56. The predicted molar refractivity (Wildman–Crippen MR) is 113 cm³/mol. The van der Waals surface area contributed by atoms with Crippen LogP contribution in [0.4, 0.5) is 5.69 Å². The molecule has 0 saturated heterocycles. The van der Waals surface area contributed by atoms with Gasteiger partial charge in [-0.05, 0) is 42.5 Å². The second-order valence-corrected chi connectivity index (χ2v) is 8.24. The standard InChI is InChI=1S/C18H12BrN3O3S2/c1-25-11-4-2-3-10(8-11)20-17(24)14-15-21-16(23)12-7-9(19)5-6-13(12)22(15)18(26)27-14/h2-8H,1H3,(H,20,24)(H,21,23). The molecule has 4 rings (SSSR count). The Labute approximate surface area is 170 Å². The highest BCUT2D eigenvalue weighted by atomic mass is 79.9. The van der Waals surface area contributed by atoms with Crippen molar-refractivity contribution in [2.75, 3.05) is 12.4 Å². The Morgan fingerprint density at radius 3 is 2.89 bits per heavy atom. The van der Waals surface area contributed by atoms with Crippen molar-refractivity contribution in [3.63, 3.8) is 0 Å². The maximum absolute atomic E-state index is 12.8. The highest BCUT2D eigenvalue weighted by Gasteiger charge is 2.18. The van der Waals surface area contributed by atoms with E-state index in [1.54, 1.807) is 47.9 Å². The number of hydrogen-bond acceptors (Lipinski definition) is 5. The van der Waals surface area contributed by atoms with Crippen LogP contribution in [0.15, 0.2) is 51.7 Å². The van der Waals surface area contributed by atoms with E-state index in [2.05, 4.69) is 26.2 Å². The zero-order valence-corrected chi connectivity index (χ0v) is 17.1. The van der Waals surface area contributed by atoms with Crippen molar-refractivity contribution in [3.05, 3.63) is 66.1 Å². The van der Waals surface area contributed by atoms with Crippen molar-refractivity contribution in [2.45, 2.75) is 0 Å². The number of amides is 1. The van der Waals surface area contributed by atoms with Gasteiger partial charge in [-0.15, -0.1) is 0 Å². The summed E-state index contributed by atoms with van der Waals surface area (Å²) in [6.07, 6.45) is 0. The van der Waals surface area contributed by atoms with E-state index < -0.39 is 0 Å². The Balaban J connectivity index is 1.86. The first-order valence-corrected chi connectivity index (χ1v) is 9.82. The summed E-state index contributed by atoms with van der Waals surface area (Å²) in [5.74, 6) is 0.279. The monoisotopic (exact) mass is 461 g/mol. The van der Waals surface area contributed by atoms with Crippen LogP contribution in [0.5, 0.6) is 5.75 Å². The number of H-pyrrole nitrogens is 1. The van der Waals surface area contributed by atoms with Crippen LogP contribution in [-0.4, -0.2) is 22.4 Å². The lowest BCUT2D eigenvalue weighted by atomic mass is 10.2. The van der Waals surface area contributed by atoms with E-state index in [4.69, 9.17) is 17.0 Å². The highest BCUT2D eigenvalue weighted by molar-refractivity contribution is 9.10. The zero-order valence-electron chi connectivity index (χ0n) is 13.9. The number of ether oxygens (including phenoxy) is 1. The molecule has 2 N–H and O–H groups in total. The van der Waals surface area contributed by atoms with Gasteiger partial charge >= 0.3 is 0 Å². The largest absolute Gasteiger partial charge is 0.497 e. The number of benzene rings is 2. The number of carbonyl (C=O) groups excluding carboxylic acids is 1. The molecule has 0 unspecified atom stereocenters. The van der Waals surface area contributed by atoms with Gasteiger partial charge in [-0.3, -0.25) is 14.0 Å². The summed E-state index contributed by atoms with van der Waals surface area (Å²) in [4.78, 5) is 28.4. The Hall–Kier alpha value is -2.49. The van der Waals surface area contributed by atoms with Crippen molar-refractivity contribution >= 4 is 67.6 Å². The number of methoxy groups -OCH3 is 1. The summed E-state index contributed by atoms with van der Waals surface area (Å²) in [5, 5.41) is 3.31. The number of nitrogens with one attached hydrogen (secondary N) is 2. The average molecular weight is 462 g/mol. The summed E-state index contributed by atoms with van der Waals surface area (Å²) in [6, 6.07) is 12.4. The normalized spacial score (nSPS) is 11.0. The van der Waals surface area contributed by atoms with E-state index in [1.165, 1.54) is 0 Å². The van der Waals surface area contributed by atoms with Crippen molar-refractivity contribution in [1.29, 1.82) is 0 Å². The molecule has 0 saturated carbocycles. The minimum absolute atomic E-state index is 0.283. The van der Waals surface area contributed by atoms with E-state index in [1.807, 2.05) is 6.07 Å². The maximum atomic E-state index is 12.8. The highest BCUT2D eigenvalue weighted by Crippen LogP contribution is 2.25. The molecule has 6 nitrogen and oxygen atoms in total. The fourth-order valence-corrected chi connectivity index (χ4v) is 4.45. The molecule has 0 fully saturated rings. The number of nitrogens with zero attached hydrogens (tertiary/aromatic N) is 1. The van der Waals surface area contributed by atoms with Crippen molar-refractivity contribution in [2.24, 2.45) is 0 Å².